The number of ether oxygens (including phenoxy) is 1. The number of halogens is 1. The van der Waals surface area contributed by atoms with Crippen LogP contribution in [0.25, 0.3) is 0 Å². The third kappa shape index (κ3) is 3.84. The van der Waals surface area contributed by atoms with Crippen LogP contribution in [0.2, 0.25) is 0 Å². The molecule has 0 saturated heterocycles. The van der Waals surface area contributed by atoms with E-state index in [1.165, 1.54) is 32.8 Å². The van der Waals surface area contributed by atoms with E-state index in [9.17, 15) is 4.79 Å². The summed E-state index contributed by atoms with van der Waals surface area (Å²) in [5.41, 5.74) is 0. The lowest BCUT2D eigenvalue weighted by Gasteiger charge is -2.19. The highest BCUT2D eigenvalue weighted by Gasteiger charge is 2.22. The van der Waals surface area contributed by atoms with E-state index in [0.29, 0.717) is 6.04 Å². The van der Waals surface area contributed by atoms with Gasteiger partial charge in [-0.1, -0.05) is 19.8 Å². The van der Waals surface area contributed by atoms with E-state index < -0.39 is 0 Å². The van der Waals surface area contributed by atoms with Crippen molar-refractivity contribution in [1.82, 2.24) is 5.32 Å². The van der Waals surface area contributed by atoms with Crippen LogP contribution in [0.5, 0.6) is 0 Å². The standard InChI is InChI=1S/C10H19NO2.ClH/c1-3-9(10(12)13-2)11-8-6-4-5-7-8;/h8-9,11H,3-7H2,1-2H3;1H/t9-;/m1./s1. The van der Waals surface area contributed by atoms with Crippen molar-refractivity contribution in [3.05, 3.63) is 0 Å². The molecular weight excluding hydrogens is 202 g/mol. The van der Waals surface area contributed by atoms with Crippen molar-refractivity contribution in [3.63, 3.8) is 0 Å². The van der Waals surface area contributed by atoms with Crippen LogP contribution in [0.15, 0.2) is 0 Å². The lowest BCUT2D eigenvalue weighted by atomic mass is 10.1. The molecule has 1 aliphatic carbocycles. The van der Waals surface area contributed by atoms with Gasteiger partial charge in [0, 0.05) is 6.04 Å². The second kappa shape index (κ2) is 7.07. The molecule has 84 valence electrons. The van der Waals surface area contributed by atoms with Gasteiger partial charge in [0.05, 0.1) is 7.11 Å². The molecule has 0 spiro atoms. The molecule has 14 heavy (non-hydrogen) atoms. The Morgan fingerprint density at radius 3 is 2.50 bits per heavy atom. The minimum atomic E-state index is -0.130. The minimum Gasteiger partial charge on any atom is -0.468 e. The van der Waals surface area contributed by atoms with E-state index in [2.05, 4.69) is 5.32 Å². The highest BCUT2D eigenvalue weighted by atomic mass is 35.5. The van der Waals surface area contributed by atoms with Gasteiger partial charge in [-0.25, -0.2) is 0 Å². The molecule has 0 aromatic rings. The molecule has 1 N–H and O–H groups in total. The monoisotopic (exact) mass is 221 g/mol. The summed E-state index contributed by atoms with van der Waals surface area (Å²) in [5.74, 6) is -0.130. The number of esters is 1. The first-order valence-corrected chi connectivity index (χ1v) is 5.11. The van der Waals surface area contributed by atoms with Crippen molar-refractivity contribution in [2.24, 2.45) is 0 Å². The molecule has 1 fully saturated rings. The maximum absolute atomic E-state index is 11.2. The normalized spacial score (nSPS) is 18.7. The van der Waals surface area contributed by atoms with Crippen molar-refractivity contribution in [3.8, 4) is 0 Å². The summed E-state index contributed by atoms with van der Waals surface area (Å²) in [6.07, 6.45) is 5.79. The zero-order valence-corrected chi connectivity index (χ0v) is 9.73. The lowest BCUT2D eigenvalue weighted by molar-refractivity contribution is -0.143. The highest BCUT2D eigenvalue weighted by molar-refractivity contribution is 5.85. The summed E-state index contributed by atoms with van der Waals surface area (Å²) in [7, 11) is 1.45. The summed E-state index contributed by atoms with van der Waals surface area (Å²) < 4.78 is 4.71. The molecule has 0 radical (unpaired) electrons. The van der Waals surface area contributed by atoms with Crippen molar-refractivity contribution in [2.75, 3.05) is 7.11 Å². The van der Waals surface area contributed by atoms with Gasteiger partial charge in [-0.15, -0.1) is 12.4 Å². The first-order valence-electron chi connectivity index (χ1n) is 5.11. The molecule has 0 bridgehead atoms. The van der Waals surface area contributed by atoms with E-state index in [1.54, 1.807) is 0 Å². The molecule has 0 amide bonds. The Hall–Kier alpha value is -0.280. The van der Waals surface area contributed by atoms with Crippen LogP contribution in [0.4, 0.5) is 0 Å². The van der Waals surface area contributed by atoms with Crippen molar-refractivity contribution >= 4 is 18.4 Å². The SMILES string of the molecule is CC[C@@H](NC1CCCC1)C(=O)OC.Cl. The molecule has 0 aromatic carbocycles. The number of carbonyl (C=O) groups excluding carboxylic acids is 1. The van der Waals surface area contributed by atoms with Crippen LogP contribution in [0, 0.1) is 0 Å². The molecule has 3 nitrogen and oxygen atoms in total. The minimum absolute atomic E-state index is 0. The van der Waals surface area contributed by atoms with E-state index in [4.69, 9.17) is 4.74 Å². The Labute approximate surface area is 92.0 Å². The van der Waals surface area contributed by atoms with Gasteiger partial charge in [0.15, 0.2) is 0 Å². The fourth-order valence-electron chi connectivity index (χ4n) is 1.87. The second-order valence-corrected chi connectivity index (χ2v) is 3.63. The zero-order chi connectivity index (χ0) is 9.68. The predicted octanol–water partition coefficient (Wildman–Crippen LogP) is 1.89. The number of hydrogen-bond acceptors (Lipinski definition) is 3. The van der Waals surface area contributed by atoms with Gasteiger partial charge in [0.25, 0.3) is 0 Å². The van der Waals surface area contributed by atoms with Gasteiger partial charge in [0.1, 0.15) is 6.04 Å². The van der Waals surface area contributed by atoms with Crippen LogP contribution in [-0.2, 0) is 9.53 Å². The number of carbonyl (C=O) groups is 1. The van der Waals surface area contributed by atoms with Gasteiger partial charge >= 0.3 is 5.97 Å². The Morgan fingerprint density at radius 1 is 1.50 bits per heavy atom. The van der Waals surface area contributed by atoms with E-state index in [1.807, 2.05) is 6.92 Å². The predicted molar refractivity (Wildman–Crippen MR) is 58.7 cm³/mol. The molecule has 1 saturated carbocycles. The molecule has 0 aliphatic heterocycles. The van der Waals surface area contributed by atoms with Crippen molar-refractivity contribution in [1.29, 1.82) is 0 Å². The third-order valence-electron chi connectivity index (χ3n) is 2.69. The van der Waals surface area contributed by atoms with Crippen LogP contribution in [0.3, 0.4) is 0 Å². The average molecular weight is 222 g/mol. The molecule has 4 heteroatoms. The first kappa shape index (κ1) is 13.7. The molecule has 1 rings (SSSR count). The molecule has 0 heterocycles. The summed E-state index contributed by atoms with van der Waals surface area (Å²) in [6, 6.07) is 0.428. The van der Waals surface area contributed by atoms with E-state index in [-0.39, 0.29) is 24.4 Å². The van der Waals surface area contributed by atoms with Crippen LogP contribution in [0.1, 0.15) is 39.0 Å². The lowest BCUT2D eigenvalue weighted by Crippen LogP contribution is -2.42. The van der Waals surface area contributed by atoms with Gasteiger partial charge in [-0.05, 0) is 19.3 Å². The molecule has 0 unspecified atom stereocenters. The molecule has 1 aliphatic rings. The van der Waals surface area contributed by atoms with Crippen molar-refractivity contribution < 1.29 is 9.53 Å². The topological polar surface area (TPSA) is 38.3 Å². The molecule has 1 atom stereocenters. The number of hydrogen-bond donors (Lipinski definition) is 1. The summed E-state index contributed by atoms with van der Waals surface area (Å²) in [4.78, 5) is 11.2. The van der Waals surface area contributed by atoms with Gasteiger partial charge < -0.3 is 10.1 Å². The highest BCUT2D eigenvalue weighted by Crippen LogP contribution is 2.18. The largest absolute Gasteiger partial charge is 0.468 e. The maximum atomic E-state index is 11.2. The maximum Gasteiger partial charge on any atom is 0.322 e. The second-order valence-electron chi connectivity index (χ2n) is 3.63. The number of nitrogens with one attached hydrogen (secondary N) is 1. The Bertz CT molecular complexity index is 170. The average Bonchev–Trinajstić information content (AvgIpc) is 2.65. The van der Waals surface area contributed by atoms with Gasteiger partial charge in [-0.2, -0.15) is 0 Å². The summed E-state index contributed by atoms with van der Waals surface area (Å²) >= 11 is 0. The van der Waals surface area contributed by atoms with Crippen LogP contribution in [-0.4, -0.2) is 25.2 Å². The first-order chi connectivity index (χ1) is 6.27. The smallest absolute Gasteiger partial charge is 0.322 e. The third-order valence-corrected chi connectivity index (χ3v) is 2.69. The molecule has 0 aromatic heterocycles. The fraction of sp³-hybridized carbons (Fsp3) is 0.900. The van der Waals surface area contributed by atoms with E-state index >= 15 is 0 Å². The van der Waals surface area contributed by atoms with Crippen molar-refractivity contribution in [2.45, 2.75) is 51.1 Å². The Balaban J connectivity index is 0.00000169. The quantitative estimate of drug-likeness (QED) is 0.737. The number of rotatable bonds is 4. The summed E-state index contributed by atoms with van der Waals surface area (Å²) in [6.45, 7) is 2.00. The van der Waals surface area contributed by atoms with Gasteiger partial charge in [-0.3, -0.25) is 4.79 Å². The van der Waals surface area contributed by atoms with Crippen LogP contribution >= 0.6 is 12.4 Å². The van der Waals surface area contributed by atoms with E-state index in [0.717, 1.165) is 6.42 Å². The van der Waals surface area contributed by atoms with Crippen LogP contribution < -0.4 is 5.32 Å². The van der Waals surface area contributed by atoms with Gasteiger partial charge in [0.2, 0.25) is 0 Å². The summed E-state index contributed by atoms with van der Waals surface area (Å²) in [5, 5.41) is 3.34. The molecular formula is C10H20ClNO2. The fourth-order valence-corrected chi connectivity index (χ4v) is 1.87. The Morgan fingerprint density at radius 2 is 2.07 bits per heavy atom. The number of methoxy groups -OCH3 is 1. The zero-order valence-electron chi connectivity index (χ0n) is 8.91. The Kier molecular flexibility index (Phi) is 6.93.